The predicted molar refractivity (Wildman–Crippen MR) is 58.7 cm³/mol. The van der Waals surface area contributed by atoms with Gasteiger partial charge < -0.3 is 39.7 Å². The van der Waals surface area contributed by atoms with E-state index in [0.717, 1.165) is 0 Å². The van der Waals surface area contributed by atoms with Crippen molar-refractivity contribution in [3.63, 3.8) is 0 Å². The molecule has 5 atom stereocenters. The molecule has 116 valence electrons. The van der Waals surface area contributed by atoms with Gasteiger partial charge in [0.25, 0.3) is 0 Å². The lowest BCUT2D eigenvalue weighted by atomic mass is 9.99. The molecule has 1 fully saturated rings. The average molecular weight is 296 g/mol. The first kappa shape index (κ1) is 16.8. The van der Waals surface area contributed by atoms with Gasteiger partial charge in [-0.05, 0) is 0 Å². The average Bonchev–Trinajstić information content (AvgIpc) is 2.34. The van der Waals surface area contributed by atoms with E-state index in [-0.39, 0.29) is 6.61 Å². The summed E-state index contributed by atoms with van der Waals surface area (Å²) in [6.07, 6.45) is -7.39. The fourth-order valence-electron chi connectivity index (χ4n) is 1.67. The molecule has 1 aliphatic rings. The number of aliphatic hydroxyl groups is 3. The largest absolute Gasteiger partial charge is 0.480 e. The molecule has 0 aromatic rings. The molecule has 0 radical (unpaired) electrons. The van der Waals surface area contributed by atoms with Crippen LogP contribution in [-0.2, 0) is 23.8 Å². The van der Waals surface area contributed by atoms with E-state index in [1.54, 1.807) is 0 Å². The first-order chi connectivity index (χ1) is 9.32. The quantitative estimate of drug-likeness (QED) is 0.327. The second-order valence-electron chi connectivity index (χ2n) is 4.12. The van der Waals surface area contributed by atoms with Crippen LogP contribution in [0.5, 0.6) is 0 Å². The predicted octanol–water partition coefficient (Wildman–Crippen LogP) is -3.00. The summed E-state index contributed by atoms with van der Waals surface area (Å²) in [6.45, 7) is -1.78. The number of carboxylic acid groups (broad SMARTS) is 2. The van der Waals surface area contributed by atoms with Crippen molar-refractivity contribution >= 4 is 11.9 Å². The molecule has 20 heavy (non-hydrogen) atoms. The van der Waals surface area contributed by atoms with Gasteiger partial charge in [-0.3, -0.25) is 0 Å². The Morgan fingerprint density at radius 3 is 2.15 bits per heavy atom. The van der Waals surface area contributed by atoms with Crippen molar-refractivity contribution in [2.75, 3.05) is 19.8 Å². The van der Waals surface area contributed by atoms with Gasteiger partial charge >= 0.3 is 11.9 Å². The minimum atomic E-state index is -1.67. The zero-order valence-electron chi connectivity index (χ0n) is 10.3. The first-order valence-corrected chi connectivity index (χ1v) is 5.65. The maximum Gasteiger partial charge on any atom is 0.329 e. The van der Waals surface area contributed by atoms with Crippen LogP contribution in [0.25, 0.3) is 0 Å². The Bertz CT molecular complexity index is 343. The van der Waals surface area contributed by atoms with Crippen molar-refractivity contribution in [2.24, 2.45) is 0 Å². The van der Waals surface area contributed by atoms with E-state index in [9.17, 15) is 24.9 Å². The molecule has 0 amide bonds. The molecule has 5 N–H and O–H groups in total. The van der Waals surface area contributed by atoms with Crippen LogP contribution in [-0.4, -0.2) is 88.0 Å². The fourth-order valence-corrected chi connectivity index (χ4v) is 1.67. The van der Waals surface area contributed by atoms with Gasteiger partial charge in [0.2, 0.25) is 0 Å². The molecule has 0 aliphatic carbocycles. The van der Waals surface area contributed by atoms with Crippen molar-refractivity contribution < 1.29 is 49.3 Å². The van der Waals surface area contributed by atoms with E-state index in [2.05, 4.69) is 0 Å². The van der Waals surface area contributed by atoms with Crippen molar-refractivity contribution in [2.45, 2.75) is 30.7 Å². The Balaban J connectivity index is 2.52. The monoisotopic (exact) mass is 296 g/mol. The Morgan fingerprint density at radius 2 is 1.60 bits per heavy atom. The lowest BCUT2D eigenvalue weighted by Crippen LogP contribution is -2.59. The molecule has 0 saturated carbocycles. The number of aliphatic hydroxyl groups excluding tert-OH is 3. The van der Waals surface area contributed by atoms with Gasteiger partial charge in [0.05, 0.1) is 6.61 Å². The van der Waals surface area contributed by atoms with Gasteiger partial charge in [-0.25, -0.2) is 9.59 Å². The summed E-state index contributed by atoms with van der Waals surface area (Å²) in [5.74, 6) is -2.54. The van der Waals surface area contributed by atoms with Crippen LogP contribution in [0.4, 0.5) is 0 Å². The highest BCUT2D eigenvalue weighted by molar-refractivity contribution is 5.68. The first-order valence-electron chi connectivity index (χ1n) is 5.65. The van der Waals surface area contributed by atoms with E-state index in [1.165, 1.54) is 0 Å². The van der Waals surface area contributed by atoms with Crippen LogP contribution >= 0.6 is 0 Å². The number of carboxylic acids is 2. The van der Waals surface area contributed by atoms with Crippen LogP contribution in [0.3, 0.4) is 0 Å². The maximum atomic E-state index is 10.3. The molecule has 1 rings (SSSR count). The Morgan fingerprint density at radius 1 is 1.00 bits per heavy atom. The highest BCUT2D eigenvalue weighted by Crippen LogP contribution is 2.22. The van der Waals surface area contributed by atoms with Gasteiger partial charge in [-0.1, -0.05) is 0 Å². The number of rotatable bonds is 7. The van der Waals surface area contributed by atoms with Crippen molar-refractivity contribution in [1.29, 1.82) is 0 Å². The summed E-state index contributed by atoms with van der Waals surface area (Å²) in [6, 6.07) is 0. The summed E-state index contributed by atoms with van der Waals surface area (Å²) in [4.78, 5) is 20.6. The van der Waals surface area contributed by atoms with Gasteiger partial charge in [0, 0.05) is 0 Å². The van der Waals surface area contributed by atoms with Crippen molar-refractivity contribution in [1.82, 2.24) is 0 Å². The normalized spacial score (nSPS) is 33.9. The van der Waals surface area contributed by atoms with E-state index in [0.29, 0.717) is 0 Å². The summed E-state index contributed by atoms with van der Waals surface area (Å²) in [5.41, 5.74) is 0. The summed E-state index contributed by atoms with van der Waals surface area (Å²) in [7, 11) is 0. The van der Waals surface area contributed by atoms with Gasteiger partial charge in [-0.15, -0.1) is 0 Å². The Kier molecular flexibility index (Phi) is 6.26. The van der Waals surface area contributed by atoms with Crippen molar-refractivity contribution in [3.05, 3.63) is 0 Å². The number of hydrogen-bond donors (Lipinski definition) is 5. The number of carbonyl (C=O) groups is 2. The van der Waals surface area contributed by atoms with Crippen LogP contribution < -0.4 is 0 Å². The van der Waals surface area contributed by atoms with Crippen LogP contribution in [0, 0.1) is 0 Å². The van der Waals surface area contributed by atoms with E-state index in [1.807, 2.05) is 0 Å². The van der Waals surface area contributed by atoms with Crippen molar-refractivity contribution in [3.8, 4) is 0 Å². The standard InChI is InChI=1S/C10H16O10/c11-5(12)2-18-1-4-7(15)8(16)9(10(17)20-4)19-3-6(13)14/h4,7-10,15-17H,1-3H2,(H,11,12)(H,13,14)/t4-,7-,8+,9-,10-/m1/s1. The minimum Gasteiger partial charge on any atom is -0.480 e. The molecular formula is C10H16O10. The second kappa shape index (κ2) is 7.47. The second-order valence-corrected chi connectivity index (χ2v) is 4.12. The molecule has 1 saturated heterocycles. The van der Waals surface area contributed by atoms with E-state index in [4.69, 9.17) is 24.4 Å². The SMILES string of the molecule is O=C(O)COC[C@H]1O[C@@H](O)[C@H](OCC(=O)O)[C@@H](O)[C@@H]1O. The fraction of sp³-hybridized carbons (Fsp3) is 0.800. The highest BCUT2D eigenvalue weighted by atomic mass is 16.7. The molecule has 0 unspecified atom stereocenters. The van der Waals surface area contributed by atoms with E-state index >= 15 is 0 Å². The number of ether oxygens (including phenoxy) is 3. The molecule has 10 heteroatoms. The number of aliphatic carboxylic acids is 2. The Labute approximate surface area is 113 Å². The molecule has 0 aromatic carbocycles. The maximum absolute atomic E-state index is 10.3. The van der Waals surface area contributed by atoms with E-state index < -0.39 is 55.9 Å². The third-order valence-electron chi connectivity index (χ3n) is 2.57. The smallest absolute Gasteiger partial charge is 0.329 e. The minimum absolute atomic E-state index is 0.368. The van der Waals surface area contributed by atoms with Crippen LogP contribution in [0.1, 0.15) is 0 Å². The molecular weight excluding hydrogens is 280 g/mol. The third-order valence-corrected chi connectivity index (χ3v) is 2.57. The number of hydrogen-bond acceptors (Lipinski definition) is 8. The van der Waals surface area contributed by atoms with Gasteiger partial charge in [0.1, 0.15) is 37.6 Å². The lowest BCUT2D eigenvalue weighted by molar-refractivity contribution is -0.297. The summed E-state index contributed by atoms with van der Waals surface area (Å²) in [5, 5.41) is 45.8. The molecule has 0 spiro atoms. The van der Waals surface area contributed by atoms with Gasteiger partial charge in [0.15, 0.2) is 6.29 Å². The molecule has 0 bridgehead atoms. The molecule has 0 aromatic heterocycles. The molecule has 1 aliphatic heterocycles. The highest BCUT2D eigenvalue weighted by Gasteiger charge is 2.44. The topological polar surface area (TPSA) is 163 Å². The third kappa shape index (κ3) is 4.67. The van der Waals surface area contributed by atoms with Crippen LogP contribution in [0.15, 0.2) is 0 Å². The zero-order valence-corrected chi connectivity index (χ0v) is 10.3. The van der Waals surface area contributed by atoms with Crippen LogP contribution in [0.2, 0.25) is 0 Å². The molecule has 1 heterocycles. The summed E-state index contributed by atoms with van der Waals surface area (Å²) >= 11 is 0. The Hall–Kier alpha value is -1.30. The summed E-state index contributed by atoms with van der Waals surface area (Å²) < 4.78 is 14.3. The van der Waals surface area contributed by atoms with Gasteiger partial charge in [-0.2, -0.15) is 0 Å². The zero-order chi connectivity index (χ0) is 15.3. The molecule has 10 nitrogen and oxygen atoms in total. The lowest BCUT2D eigenvalue weighted by Gasteiger charge is -2.39.